The SMILES string of the molecule is CCCCc1nc(C(=O)OCCCc2ccc(OCc3ccccc3)c(OCc3ccccc3)c2)c(Cl)n1Cc1ccc(-c2ccccc2-c2nnn(C(c3ccccc3)(c3ccccc3)c3ccccc3)n2)cc1. The summed E-state index contributed by atoms with van der Waals surface area (Å²) in [5.41, 5.74) is 9.22. The van der Waals surface area contributed by atoms with E-state index in [0.717, 1.165) is 74.3 Å². The Morgan fingerprint density at radius 3 is 1.68 bits per heavy atom. The number of hydrogen-bond donors (Lipinski definition) is 0. The van der Waals surface area contributed by atoms with E-state index in [1.165, 1.54) is 0 Å². The van der Waals surface area contributed by atoms with Crippen LogP contribution in [0.25, 0.3) is 22.5 Å². The summed E-state index contributed by atoms with van der Waals surface area (Å²) in [5.74, 6) is 2.03. The zero-order valence-corrected chi connectivity index (χ0v) is 42.6. The van der Waals surface area contributed by atoms with Gasteiger partial charge in [0.1, 0.15) is 24.2 Å². The van der Waals surface area contributed by atoms with Crippen LogP contribution in [0.3, 0.4) is 0 Å². The number of carbonyl (C=O) groups is 1. The minimum atomic E-state index is -0.899. The Morgan fingerprint density at radius 2 is 1.09 bits per heavy atom. The second-order valence-electron chi connectivity index (χ2n) is 18.4. The molecule has 8 aromatic carbocycles. The van der Waals surface area contributed by atoms with Crippen molar-refractivity contribution in [2.24, 2.45) is 0 Å². The Labute approximate surface area is 443 Å². The summed E-state index contributed by atoms with van der Waals surface area (Å²) in [6.45, 7) is 3.58. The number of esters is 1. The maximum Gasteiger partial charge on any atom is 0.360 e. The van der Waals surface area contributed by atoms with Gasteiger partial charge in [-0.05, 0) is 86.7 Å². The summed E-state index contributed by atoms with van der Waals surface area (Å²) in [6, 6.07) is 73.5. The van der Waals surface area contributed by atoms with Gasteiger partial charge in [0.25, 0.3) is 0 Å². The second kappa shape index (κ2) is 24.0. The highest BCUT2D eigenvalue weighted by molar-refractivity contribution is 6.32. The summed E-state index contributed by atoms with van der Waals surface area (Å²) in [6.07, 6.45) is 3.78. The minimum absolute atomic E-state index is 0.126. The van der Waals surface area contributed by atoms with Crippen molar-refractivity contribution in [2.45, 2.75) is 64.3 Å². The minimum Gasteiger partial charge on any atom is -0.485 e. The Hall–Kier alpha value is -8.60. The highest BCUT2D eigenvalue weighted by Gasteiger charge is 2.41. The van der Waals surface area contributed by atoms with E-state index in [2.05, 4.69) is 73.7 Å². The van der Waals surface area contributed by atoms with Crippen LogP contribution < -0.4 is 9.47 Å². The molecule has 10 nitrogen and oxygen atoms in total. The van der Waals surface area contributed by atoms with Crippen LogP contribution >= 0.6 is 11.6 Å². The van der Waals surface area contributed by atoms with Crippen LogP contribution in [0, 0.1) is 0 Å². The molecule has 0 bridgehead atoms. The van der Waals surface area contributed by atoms with Gasteiger partial charge in [-0.15, -0.1) is 15.0 Å². The number of tetrazole rings is 1. The lowest BCUT2D eigenvalue weighted by atomic mass is 9.77. The van der Waals surface area contributed by atoms with Crippen LogP contribution in [-0.4, -0.2) is 42.3 Å². The van der Waals surface area contributed by atoms with Crippen LogP contribution in [0.1, 0.15) is 81.4 Å². The first-order valence-electron chi connectivity index (χ1n) is 25.5. The molecule has 0 unspecified atom stereocenters. The van der Waals surface area contributed by atoms with Gasteiger partial charge < -0.3 is 18.8 Å². The molecule has 0 radical (unpaired) electrons. The van der Waals surface area contributed by atoms with E-state index in [1.807, 2.05) is 156 Å². The smallest absolute Gasteiger partial charge is 0.360 e. The van der Waals surface area contributed by atoms with Gasteiger partial charge in [-0.2, -0.15) is 0 Å². The number of unbranched alkanes of at least 4 members (excludes halogenated alkanes) is 1. The first-order valence-corrected chi connectivity index (χ1v) is 25.9. The van der Waals surface area contributed by atoms with Crippen molar-refractivity contribution in [3.8, 4) is 34.0 Å². The first-order chi connectivity index (χ1) is 37.0. The lowest BCUT2D eigenvalue weighted by molar-refractivity contribution is 0.0494. The Kier molecular flexibility index (Phi) is 16.0. The zero-order valence-electron chi connectivity index (χ0n) is 41.8. The number of benzene rings is 8. The van der Waals surface area contributed by atoms with Crippen LogP contribution in [0.2, 0.25) is 5.15 Å². The van der Waals surface area contributed by atoms with E-state index < -0.39 is 11.5 Å². The molecule has 0 saturated carbocycles. The van der Waals surface area contributed by atoms with Crippen LogP contribution in [0.4, 0.5) is 0 Å². The van der Waals surface area contributed by atoms with Crippen molar-refractivity contribution >= 4 is 17.6 Å². The molecule has 2 heterocycles. The maximum atomic E-state index is 13.7. The van der Waals surface area contributed by atoms with E-state index >= 15 is 0 Å². The molecule has 0 aliphatic rings. The Balaban J connectivity index is 0.833. The molecule has 374 valence electrons. The average Bonchev–Trinajstić information content (AvgIpc) is 4.09. The number of halogens is 1. The maximum absolute atomic E-state index is 13.7. The fourth-order valence-corrected chi connectivity index (χ4v) is 9.74. The van der Waals surface area contributed by atoms with Gasteiger partial charge in [0.15, 0.2) is 22.7 Å². The van der Waals surface area contributed by atoms with Gasteiger partial charge in [0.2, 0.25) is 5.82 Å². The Morgan fingerprint density at radius 1 is 0.560 bits per heavy atom. The van der Waals surface area contributed by atoms with Crippen LogP contribution in [0.15, 0.2) is 218 Å². The van der Waals surface area contributed by atoms with E-state index in [0.29, 0.717) is 56.3 Å². The van der Waals surface area contributed by atoms with Gasteiger partial charge in [0.05, 0.1) is 13.2 Å². The molecule has 0 N–H and O–H groups in total. The summed E-state index contributed by atoms with van der Waals surface area (Å²) in [7, 11) is 0. The lowest BCUT2D eigenvalue weighted by Gasteiger charge is -2.34. The summed E-state index contributed by atoms with van der Waals surface area (Å²) in [4.78, 5) is 20.2. The van der Waals surface area contributed by atoms with Crippen molar-refractivity contribution in [2.75, 3.05) is 6.61 Å². The Bertz CT molecular complexity index is 3330. The van der Waals surface area contributed by atoms with E-state index in [-0.39, 0.29) is 17.5 Å². The molecule has 11 heteroatoms. The number of nitrogens with zero attached hydrogens (tertiary/aromatic N) is 6. The molecule has 10 rings (SSSR count). The normalized spacial score (nSPS) is 11.3. The van der Waals surface area contributed by atoms with Crippen molar-refractivity contribution in [1.29, 1.82) is 0 Å². The third-order valence-corrected chi connectivity index (χ3v) is 13.7. The number of hydrogen-bond acceptors (Lipinski definition) is 8. The predicted molar refractivity (Wildman–Crippen MR) is 295 cm³/mol. The van der Waals surface area contributed by atoms with Gasteiger partial charge in [-0.25, -0.2) is 9.78 Å². The summed E-state index contributed by atoms with van der Waals surface area (Å²) >= 11 is 7.05. The molecule has 0 amide bonds. The third-order valence-electron chi connectivity index (χ3n) is 13.3. The zero-order chi connectivity index (χ0) is 51.2. The molecule has 10 aromatic rings. The quantitative estimate of drug-likeness (QED) is 0.0375. The molecule has 2 aromatic heterocycles. The monoisotopic (exact) mass is 1010 g/mol. The van der Waals surface area contributed by atoms with Crippen molar-refractivity contribution < 1.29 is 19.0 Å². The predicted octanol–water partition coefficient (Wildman–Crippen LogP) is 14.0. The van der Waals surface area contributed by atoms with Crippen LogP contribution in [0.5, 0.6) is 11.5 Å². The largest absolute Gasteiger partial charge is 0.485 e. The summed E-state index contributed by atoms with van der Waals surface area (Å²) in [5, 5.41) is 15.0. The van der Waals surface area contributed by atoms with E-state index in [4.69, 9.17) is 46.2 Å². The van der Waals surface area contributed by atoms with Gasteiger partial charge in [-0.3, -0.25) is 0 Å². The van der Waals surface area contributed by atoms with Crippen molar-refractivity contribution in [3.05, 3.63) is 274 Å². The number of rotatable bonds is 22. The number of aromatic nitrogens is 6. The molecule has 0 aliphatic carbocycles. The number of ether oxygens (including phenoxy) is 3. The van der Waals surface area contributed by atoms with Gasteiger partial charge in [0, 0.05) is 12.0 Å². The molecule has 0 fully saturated rings. The van der Waals surface area contributed by atoms with Gasteiger partial charge in [-0.1, -0.05) is 231 Å². The topological polar surface area (TPSA) is 106 Å². The molecule has 75 heavy (non-hydrogen) atoms. The van der Waals surface area contributed by atoms with Gasteiger partial charge >= 0.3 is 5.97 Å². The fourth-order valence-electron chi connectivity index (χ4n) is 9.46. The van der Waals surface area contributed by atoms with E-state index in [1.54, 1.807) is 4.80 Å². The van der Waals surface area contributed by atoms with Crippen LogP contribution in [-0.2, 0) is 42.9 Å². The third kappa shape index (κ3) is 11.5. The number of carbonyl (C=O) groups excluding carboxylic acids is 1. The molecular formula is C64H57ClN6O4. The average molecular weight is 1010 g/mol. The highest BCUT2D eigenvalue weighted by Crippen LogP contribution is 2.41. The number of imidazole rings is 1. The van der Waals surface area contributed by atoms with Crippen molar-refractivity contribution in [3.63, 3.8) is 0 Å². The van der Waals surface area contributed by atoms with Crippen molar-refractivity contribution in [1.82, 2.24) is 29.8 Å². The van der Waals surface area contributed by atoms with E-state index in [9.17, 15) is 4.79 Å². The standard InChI is InChI=1S/C64H57ClN6O4/c1-2-3-35-59-66-60(63(72)73-42-21-26-47-38-41-57(74-45-49-22-9-4-10-23-49)58(43-47)75-46-50-24-11-5-12-25-50)61(65)70(59)44-48-36-39-51(40-37-48)55-33-19-20-34-56(55)62-67-69-71(68-62)64(52-27-13-6-14-28-52,53-29-15-7-16-30-53)54-31-17-8-18-32-54/h4-20,22-25,27-34,36-41,43H,2-3,21,26,35,42,44-46H2,1H3. The molecule has 0 aliphatic heterocycles. The molecule has 0 atom stereocenters. The number of aryl methyl sites for hydroxylation is 2. The fraction of sp³-hybridized carbons (Fsp3) is 0.172. The molecule has 0 saturated heterocycles. The molecule has 0 spiro atoms. The summed E-state index contributed by atoms with van der Waals surface area (Å²) < 4.78 is 20.3. The first kappa shape index (κ1) is 50.0. The molecular weight excluding hydrogens is 952 g/mol. The lowest BCUT2D eigenvalue weighted by Crippen LogP contribution is -2.39. The highest BCUT2D eigenvalue weighted by atomic mass is 35.5. The second-order valence-corrected chi connectivity index (χ2v) is 18.7.